The molecule has 0 aliphatic heterocycles. The molecule has 2 amide bonds. The maximum Gasteiger partial charge on any atom is 0.312 e. The number of carbonyl (C=O) groups excluding carboxylic acids is 1. The van der Waals surface area contributed by atoms with Crippen LogP contribution in [0.15, 0.2) is 0 Å². The normalized spacial score (nSPS) is 12.5. The zero-order chi connectivity index (χ0) is 7.98. The SMILES string of the molecule is NC(=O)NCCNS(=O)O. The van der Waals surface area contributed by atoms with E-state index < -0.39 is 17.3 Å². The Hall–Kier alpha value is -0.660. The number of primary amides is 1. The zero-order valence-corrected chi connectivity index (χ0v) is 5.98. The molecule has 0 aliphatic carbocycles. The molecular formula is C3H9N3O3S. The minimum Gasteiger partial charge on any atom is -0.352 e. The average Bonchev–Trinajstić information content (AvgIpc) is 1.79. The second-order valence-electron chi connectivity index (χ2n) is 1.43. The van der Waals surface area contributed by atoms with Gasteiger partial charge in [-0.2, -0.15) is 0 Å². The Morgan fingerprint density at radius 1 is 1.60 bits per heavy atom. The molecule has 60 valence electrons. The van der Waals surface area contributed by atoms with Crippen molar-refractivity contribution in [3.05, 3.63) is 0 Å². The zero-order valence-electron chi connectivity index (χ0n) is 5.16. The summed E-state index contributed by atoms with van der Waals surface area (Å²) in [5, 5.41) is 2.23. The van der Waals surface area contributed by atoms with Crippen LogP contribution in [0, 0.1) is 0 Å². The first-order chi connectivity index (χ1) is 4.63. The van der Waals surface area contributed by atoms with E-state index >= 15 is 0 Å². The number of amides is 2. The number of nitrogens with one attached hydrogen (secondary N) is 2. The lowest BCUT2D eigenvalue weighted by Gasteiger charge is -1.99. The van der Waals surface area contributed by atoms with Crippen LogP contribution in [0.1, 0.15) is 0 Å². The standard InChI is InChI=1S/C3H9N3O3S/c4-3(7)5-1-2-6-10(8)9/h6H,1-2H2,(H,8,9)(H3,4,5,7). The van der Waals surface area contributed by atoms with Gasteiger partial charge in [0.1, 0.15) is 0 Å². The molecule has 0 aromatic rings. The Labute approximate surface area is 60.6 Å². The third-order valence-electron chi connectivity index (χ3n) is 0.650. The molecule has 0 radical (unpaired) electrons. The molecule has 0 saturated carbocycles. The molecule has 10 heavy (non-hydrogen) atoms. The van der Waals surface area contributed by atoms with Crippen LogP contribution < -0.4 is 15.8 Å². The van der Waals surface area contributed by atoms with Crippen LogP contribution in [-0.2, 0) is 11.3 Å². The van der Waals surface area contributed by atoms with Crippen molar-refractivity contribution in [1.29, 1.82) is 0 Å². The Balaban J connectivity index is 3.06. The van der Waals surface area contributed by atoms with Gasteiger partial charge in [-0.15, -0.1) is 0 Å². The molecule has 0 aliphatic rings. The molecular weight excluding hydrogens is 158 g/mol. The van der Waals surface area contributed by atoms with Crippen molar-refractivity contribution in [2.75, 3.05) is 13.1 Å². The second kappa shape index (κ2) is 5.15. The van der Waals surface area contributed by atoms with E-state index in [4.69, 9.17) is 10.3 Å². The summed E-state index contributed by atoms with van der Waals surface area (Å²) in [4.78, 5) is 9.99. The first-order valence-corrected chi connectivity index (χ1v) is 3.61. The molecule has 6 nitrogen and oxygen atoms in total. The van der Waals surface area contributed by atoms with Crippen LogP contribution in [0.4, 0.5) is 4.79 Å². The van der Waals surface area contributed by atoms with Gasteiger partial charge >= 0.3 is 6.03 Å². The van der Waals surface area contributed by atoms with E-state index in [1.165, 1.54) is 0 Å². The van der Waals surface area contributed by atoms with Gasteiger partial charge in [-0.05, 0) is 0 Å². The summed E-state index contributed by atoms with van der Waals surface area (Å²) in [6.45, 7) is 0.452. The Bertz CT molecular complexity index is 123. The topological polar surface area (TPSA) is 104 Å². The highest BCUT2D eigenvalue weighted by Crippen LogP contribution is 1.62. The first-order valence-electron chi connectivity index (χ1n) is 2.50. The molecule has 1 atom stereocenters. The minimum atomic E-state index is -2.02. The van der Waals surface area contributed by atoms with Gasteiger partial charge in [-0.1, -0.05) is 0 Å². The Kier molecular flexibility index (Phi) is 4.81. The summed E-state index contributed by atoms with van der Waals surface area (Å²) in [6, 6.07) is -0.648. The number of hydrogen-bond acceptors (Lipinski definition) is 2. The largest absolute Gasteiger partial charge is 0.352 e. The molecule has 0 rings (SSSR count). The monoisotopic (exact) mass is 167 g/mol. The third kappa shape index (κ3) is 7.34. The molecule has 7 heteroatoms. The number of hydrogen-bond donors (Lipinski definition) is 4. The van der Waals surface area contributed by atoms with E-state index in [1.54, 1.807) is 0 Å². The van der Waals surface area contributed by atoms with Crippen LogP contribution in [-0.4, -0.2) is 27.9 Å². The van der Waals surface area contributed by atoms with Crippen LogP contribution >= 0.6 is 0 Å². The van der Waals surface area contributed by atoms with E-state index in [9.17, 15) is 9.00 Å². The summed E-state index contributed by atoms with van der Waals surface area (Å²) in [5.74, 6) is 0. The van der Waals surface area contributed by atoms with E-state index in [-0.39, 0.29) is 13.1 Å². The Morgan fingerprint density at radius 2 is 2.20 bits per heavy atom. The minimum absolute atomic E-state index is 0.214. The van der Waals surface area contributed by atoms with Gasteiger partial charge in [0.25, 0.3) is 0 Å². The van der Waals surface area contributed by atoms with Crippen molar-refractivity contribution in [3.8, 4) is 0 Å². The lowest BCUT2D eigenvalue weighted by molar-refractivity contribution is 0.249. The summed E-state index contributed by atoms with van der Waals surface area (Å²) in [6.07, 6.45) is 0. The molecule has 0 aromatic heterocycles. The fraction of sp³-hybridized carbons (Fsp3) is 0.667. The molecule has 0 saturated heterocycles. The molecule has 5 N–H and O–H groups in total. The quantitative estimate of drug-likeness (QED) is 0.299. The van der Waals surface area contributed by atoms with Crippen LogP contribution in [0.5, 0.6) is 0 Å². The van der Waals surface area contributed by atoms with Crippen LogP contribution in [0.3, 0.4) is 0 Å². The predicted molar refractivity (Wildman–Crippen MR) is 36.4 cm³/mol. The van der Waals surface area contributed by atoms with Crippen molar-refractivity contribution in [3.63, 3.8) is 0 Å². The van der Waals surface area contributed by atoms with Crippen LogP contribution in [0.25, 0.3) is 0 Å². The van der Waals surface area contributed by atoms with E-state index in [0.29, 0.717) is 0 Å². The van der Waals surface area contributed by atoms with Gasteiger partial charge in [0.15, 0.2) is 0 Å². The molecule has 0 fully saturated rings. The van der Waals surface area contributed by atoms with E-state index in [0.717, 1.165) is 0 Å². The van der Waals surface area contributed by atoms with Gasteiger partial charge in [-0.25, -0.2) is 13.7 Å². The highest BCUT2D eigenvalue weighted by molar-refractivity contribution is 7.77. The molecule has 0 heterocycles. The van der Waals surface area contributed by atoms with Gasteiger partial charge in [0.05, 0.1) is 0 Å². The lowest BCUT2D eigenvalue weighted by Crippen LogP contribution is -2.35. The summed E-state index contributed by atoms with van der Waals surface area (Å²) >= 11 is -2.02. The smallest absolute Gasteiger partial charge is 0.312 e. The van der Waals surface area contributed by atoms with Crippen molar-refractivity contribution in [2.24, 2.45) is 5.73 Å². The number of urea groups is 1. The van der Waals surface area contributed by atoms with Gasteiger partial charge < -0.3 is 11.1 Å². The van der Waals surface area contributed by atoms with Gasteiger partial charge in [-0.3, -0.25) is 4.55 Å². The van der Waals surface area contributed by atoms with Crippen molar-refractivity contribution < 1.29 is 13.6 Å². The Morgan fingerprint density at radius 3 is 2.60 bits per heavy atom. The van der Waals surface area contributed by atoms with Gasteiger partial charge in [0.2, 0.25) is 11.3 Å². The third-order valence-corrected chi connectivity index (χ3v) is 1.10. The van der Waals surface area contributed by atoms with Crippen molar-refractivity contribution in [2.45, 2.75) is 0 Å². The molecule has 0 spiro atoms. The van der Waals surface area contributed by atoms with Crippen molar-refractivity contribution in [1.82, 2.24) is 10.0 Å². The fourth-order valence-corrected chi connectivity index (χ4v) is 0.601. The highest BCUT2D eigenvalue weighted by atomic mass is 32.2. The number of carbonyl (C=O) groups is 1. The molecule has 0 aromatic carbocycles. The van der Waals surface area contributed by atoms with Gasteiger partial charge in [0, 0.05) is 13.1 Å². The van der Waals surface area contributed by atoms with E-state index in [1.807, 2.05) is 0 Å². The number of rotatable bonds is 4. The summed E-state index contributed by atoms with van der Waals surface area (Å²) in [7, 11) is 0. The summed E-state index contributed by atoms with van der Waals surface area (Å²) < 4.78 is 20.2. The fourth-order valence-electron chi connectivity index (χ4n) is 0.324. The maximum absolute atomic E-state index is 9.99. The predicted octanol–water partition coefficient (Wildman–Crippen LogP) is -1.62. The molecule has 0 bridgehead atoms. The van der Waals surface area contributed by atoms with E-state index in [2.05, 4.69) is 10.0 Å². The average molecular weight is 167 g/mol. The van der Waals surface area contributed by atoms with Crippen molar-refractivity contribution >= 4 is 17.3 Å². The second-order valence-corrected chi connectivity index (χ2v) is 2.22. The maximum atomic E-state index is 9.99. The highest BCUT2D eigenvalue weighted by Gasteiger charge is 1.92. The lowest BCUT2D eigenvalue weighted by atomic mass is 10.6. The first kappa shape index (κ1) is 9.34. The summed E-state index contributed by atoms with van der Waals surface area (Å²) in [5.41, 5.74) is 4.69. The van der Waals surface area contributed by atoms with Crippen LogP contribution in [0.2, 0.25) is 0 Å². The molecule has 1 unspecified atom stereocenters. The number of nitrogens with two attached hydrogens (primary N) is 1.